The highest BCUT2D eigenvalue weighted by molar-refractivity contribution is 7.91. The summed E-state index contributed by atoms with van der Waals surface area (Å²) in [6.07, 6.45) is -4.13. The molecule has 188 valence electrons. The van der Waals surface area contributed by atoms with Gasteiger partial charge < -0.3 is 4.90 Å². The maximum Gasteiger partial charge on any atom is 0.400 e. The van der Waals surface area contributed by atoms with Gasteiger partial charge in [-0.05, 0) is 34.9 Å². The van der Waals surface area contributed by atoms with E-state index in [2.05, 4.69) is 4.99 Å². The number of carbonyl (C=O) groups excluding carboxylic acids is 1. The van der Waals surface area contributed by atoms with Gasteiger partial charge in [-0.3, -0.25) is 9.79 Å². The van der Waals surface area contributed by atoms with E-state index in [-0.39, 0.29) is 40.0 Å². The highest BCUT2D eigenvalue weighted by Gasteiger charge is 2.58. The fourth-order valence-electron chi connectivity index (χ4n) is 4.39. The third-order valence-corrected chi connectivity index (χ3v) is 7.53. The number of carbonyl (C=O) groups is 1. The van der Waals surface area contributed by atoms with Gasteiger partial charge in [-0.2, -0.15) is 13.2 Å². The normalized spacial score (nSPS) is 22.0. The van der Waals surface area contributed by atoms with Gasteiger partial charge in [-0.15, -0.1) is 0 Å². The molecule has 2 aliphatic heterocycles. The molecule has 0 radical (unpaired) electrons. The summed E-state index contributed by atoms with van der Waals surface area (Å²) in [4.78, 5) is 17.2. The molecule has 2 aromatic rings. The maximum atomic E-state index is 15.2. The number of benzene rings is 2. The number of sulfone groups is 1. The van der Waals surface area contributed by atoms with E-state index in [0.717, 1.165) is 11.2 Å². The summed E-state index contributed by atoms with van der Waals surface area (Å²) in [6, 6.07) is 9.71. The van der Waals surface area contributed by atoms with Crippen molar-refractivity contribution in [3.63, 3.8) is 0 Å². The van der Waals surface area contributed by atoms with Crippen LogP contribution >= 0.6 is 23.2 Å². The second kappa shape index (κ2) is 8.74. The molecule has 0 saturated carbocycles. The van der Waals surface area contributed by atoms with Crippen LogP contribution in [0.4, 0.5) is 17.6 Å². The molecule has 4 rings (SSSR count). The van der Waals surface area contributed by atoms with E-state index in [1.807, 2.05) is 0 Å². The minimum absolute atomic E-state index is 0.0751. The number of hydrogen-bond acceptors (Lipinski definition) is 4. The molecule has 2 aliphatic rings. The SMILES string of the molecule is CS(=O)(=O)CC(=O)N1CC(F)(c2ccc(C3=NCC(c4cc(Cl)cc(Cl)c4)(C(F)(F)F)C3)cc2)C1. The summed E-state index contributed by atoms with van der Waals surface area (Å²) in [5.41, 5.74) is -3.35. The number of nitrogens with zero attached hydrogens (tertiary/aromatic N) is 2. The summed E-state index contributed by atoms with van der Waals surface area (Å²) in [5, 5.41) is 0.179. The van der Waals surface area contributed by atoms with Crippen LogP contribution in [0.1, 0.15) is 23.1 Å². The second-order valence-electron chi connectivity index (χ2n) is 9.04. The lowest BCUT2D eigenvalue weighted by Crippen LogP contribution is -2.59. The molecule has 1 amide bonds. The Hall–Kier alpha value is -2.17. The number of likely N-dealkylation sites (tertiary alicyclic amines) is 1. The van der Waals surface area contributed by atoms with Crippen molar-refractivity contribution < 1.29 is 30.8 Å². The lowest BCUT2D eigenvalue weighted by molar-refractivity contribution is -0.183. The van der Waals surface area contributed by atoms with Crippen LogP contribution in [-0.4, -0.2) is 62.8 Å². The van der Waals surface area contributed by atoms with Crippen LogP contribution in [0, 0.1) is 0 Å². The molecular weight excluding hydrogens is 531 g/mol. The van der Waals surface area contributed by atoms with Gasteiger partial charge in [0.2, 0.25) is 5.91 Å². The van der Waals surface area contributed by atoms with Crippen molar-refractivity contribution in [1.29, 1.82) is 0 Å². The third kappa shape index (κ3) is 5.06. The predicted molar refractivity (Wildman–Crippen MR) is 126 cm³/mol. The van der Waals surface area contributed by atoms with Gasteiger partial charge >= 0.3 is 6.18 Å². The van der Waals surface area contributed by atoms with Crippen LogP contribution in [0.3, 0.4) is 0 Å². The van der Waals surface area contributed by atoms with Crippen molar-refractivity contribution in [2.24, 2.45) is 4.99 Å². The molecule has 5 nitrogen and oxygen atoms in total. The topological polar surface area (TPSA) is 66.8 Å². The Labute approximate surface area is 209 Å². The van der Waals surface area contributed by atoms with E-state index in [1.165, 1.54) is 42.5 Å². The van der Waals surface area contributed by atoms with Crippen molar-refractivity contribution in [2.45, 2.75) is 23.7 Å². The molecule has 35 heavy (non-hydrogen) atoms. The Morgan fingerprint density at radius 2 is 1.63 bits per heavy atom. The van der Waals surface area contributed by atoms with Crippen molar-refractivity contribution in [3.8, 4) is 0 Å². The van der Waals surface area contributed by atoms with Crippen molar-refractivity contribution in [2.75, 3.05) is 31.6 Å². The van der Waals surface area contributed by atoms with Crippen molar-refractivity contribution in [3.05, 3.63) is 69.2 Å². The van der Waals surface area contributed by atoms with Crippen LogP contribution in [0.25, 0.3) is 0 Å². The quantitative estimate of drug-likeness (QED) is 0.505. The fraction of sp³-hybridized carbons (Fsp3) is 0.391. The summed E-state index contributed by atoms with van der Waals surface area (Å²) in [5.74, 6) is -1.37. The van der Waals surface area contributed by atoms with E-state index in [0.29, 0.717) is 5.56 Å². The van der Waals surface area contributed by atoms with Gasteiger partial charge in [-0.1, -0.05) is 47.5 Å². The van der Waals surface area contributed by atoms with Gasteiger partial charge in [0, 0.05) is 28.4 Å². The molecule has 1 fully saturated rings. The Kier molecular flexibility index (Phi) is 6.47. The molecule has 1 unspecified atom stereocenters. The molecule has 0 N–H and O–H groups in total. The first-order valence-electron chi connectivity index (χ1n) is 10.4. The monoisotopic (exact) mass is 550 g/mol. The molecule has 0 aliphatic carbocycles. The first-order chi connectivity index (χ1) is 16.1. The number of rotatable bonds is 5. The number of aliphatic imine (C=N–C) groups is 1. The first kappa shape index (κ1) is 25.9. The molecule has 1 atom stereocenters. The van der Waals surface area contributed by atoms with Crippen LogP contribution in [0.15, 0.2) is 47.5 Å². The van der Waals surface area contributed by atoms with Gasteiger partial charge in [0.1, 0.15) is 11.2 Å². The van der Waals surface area contributed by atoms with Gasteiger partial charge in [0.15, 0.2) is 15.5 Å². The molecule has 2 aromatic carbocycles. The summed E-state index contributed by atoms with van der Waals surface area (Å²) >= 11 is 11.9. The van der Waals surface area contributed by atoms with Gasteiger partial charge in [0.25, 0.3) is 0 Å². The van der Waals surface area contributed by atoms with Crippen molar-refractivity contribution in [1.82, 2.24) is 4.90 Å². The predicted octanol–water partition coefficient (Wildman–Crippen LogP) is 4.74. The fourth-order valence-corrected chi connectivity index (χ4v) is 5.55. The highest BCUT2D eigenvalue weighted by Crippen LogP contribution is 2.49. The largest absolute Gasteiger partial charge is 0.400 e. The van der Waals surface area contributed by atoms with Crippen molar-refractivity contribution >= 4 is 44.7 Å². The van der Waals surface area contributed by atoms with Crippen LogP contribution in [-0.2, 0) is 25.7 Å². The van der Waals surface area contributed by atoms with Crippen LogP contribution in [0.5, 0.6) is 0 Å². The zero-order valence-corrected chi connectivity index (χ0v) is 20.7. The summed E-state index contributed by atoms with van der Waals surface area (Å²) < 4.78 is 80.5. The van der Waals surface area contributed by atoms with Crippen LogP contribution in [0.2, 0.25) is 10.0 Å². The molecule has 0 bridgehead atoms. The number of hydrogen-bond donors (Lipinski definition) is 0. The average molecular weight is 551 g/mol. The third-order valence-electron chi connectivity index (χ3n) is 6.32. The lowest BCUT2D eigenvalue weighted by Gasteiger charge is -2.44. The Bertz CT molecular complexity index is 1290. The molecule has 12 heteroatoms. The summed E-state index contributed by atoms with van der Waals surface area (Å²) in [7, 11) is -3.53. The molecule has 1 saturated heterocycles. The van der Waals surface area contributed by atoms with E-state index < -0.39 is 51.7 Å². The summed E-state index contributed by atoms with van der Waals surface area (Å²) in [6.45, 7) is -1.13. The van der Waals surface area contributed by atoms with E-state index in [4.69, 9.17) is 23.2 Å². The number of amides is 1. The Morgan fingerprint density at radius 3 is 2.14 bits per heavy atom. The minimum Gasteiger partial charge on any atom is -0.335 e. The van der Waals surface area contributed by atoms with Gasteiger partial charge in [-0.25, -0.2) is 12.8 Å². The van der Waals surface area contributed by atoms with Gasteiger partial charge in [0.05, 0.1) is 19.6 Å². The molecule has 0 spiro atoms. The highest BCUT2D eigenvalue weighted by atomic mass is 35.5. The molecule has 0 aromatic heterocycles. The Morgan fingerprint density at radius 1 is 1.06 bits per heavy atom. The Balaban J connectivity index is 1.51. The smallest absolute Gasteiger partial charge is 0.335 e. The van der Waals surface area contributed by atoms with E-state index in [1.54, 1.807) is 0 Å². The maximum absolute atomic E-state index is 15.2. The van der Waals surface area contributed by atoms with E-state index in [9.17, 15) is 26.4 Å². The molecule has 2 heterocycles. The average Bonchev–Trinajstić information content (AvgIpc) is 3.16. The standard InChI is InChI=1S/C23H20Cl2F4N2O3S/c1-35(33,34)10-20(32)31-12-22(26,13-31)15-4-2-14(3-5-15)19-9-21(11-30-19,23(27,28)29)16-6-17(24)8-18(25)7-16/h2-8H,9-13H2,1H3. The zero-order valence-electron chi connectivity index (χ0n) is 18.4. The van der Waals surface area contributed by atoms with E-state index >= 15 is 4.39 Å². The minimum atomic E-state index is -4.62. The number of halogens is 6. The molecular formula is C23H20Cl2F4N2O3S. The lowest BCUT2D eigenvalue weighted by atomic mass is 9.76. The number of alkyl halides is 4. The zero-order chi connectivity index (χ0) is 25.8. The second-order valence-corrected chi connectivity index (χ2v) is 12.1. The van der Waals surface area contributed by atoms with Crippen LogP contribution < -0.4 is 0 Å². The first-order valence-corrected chi connectivity index (χ1v) is 13.3.